The van der Waals surface area contributed by atoms with Crippen LogP contribution in [0.5, 0.6) is 0 Å². The molecule has 0 aliphatic rings. The van der Waals surface area contributed by atoms with Crippen LogP contribution in [0.4, 0.5) is 0 Å². The molecular formula is C19H19N3O2. The molecule has 0 radical (unpaired) electrons. The van der Waals surface area contributed by atoms with Gasteiger partial charge in [-0.1, -0.05) is 18.2 Å². The molecule has 2 N–H and O–H groups in total. The van der Waals surface area contributed by atoms with Crippen molar-refractivity contribution in [3.8, 4) is 0 Å². The molecule has 3 aromatic rings. The molecule has 0 saturated carbocycles. The minimum atomic E-state index is -0.0751. The summed E-state index contributed by atoms with van der Waals surface area (Å²) in [6.45, 7) is 2.27. The fourth-order valence-corrected chi connectivity index (χ4v) is 2.56. The molecule has 24 heavy (non-hydrogen) atoms. The lowest BCUT2D eigenvalue weighted by molar-refractivity contribution is -0.121. The fourth-order valence-electron chi connectivity index (χ4n) is 2.56. The van der Waals surface area contributed by atoms with Crippen LogP contribution < -0.4 is 10.9 Å². The number of benzene rings is 1. The first-order chi connectivity index (χ1) is 11.6. The quantitative estimate of drug-likeness (QED) is 0.758. The van der Waals surface area contributed by atoms with Gasteiger partial charge in [-0.25, -0.2) is 0 Å². The highest BCUT2D eigenvalue weighted by Crippen LogP contribution is 2.14. The Balaban J connectivity index is 1.60. The smallest absolute Gasteiger partial charge is 0.251 e. The molecule has 122 valence electrons. The second-order valence-electron chi connectivity index (χ2n) is 5.84. The number of aryl methyl sites for hydroxylation is 2. The molecule has 0 aliphatic heterocycles. The Morgan fingerprint density at radius 3 is 2.88 bits per heavy atom. The Labute approximate surface area is 139 Å². The third kappa shape index (κ3) is 3.87. The molecule has 0 aliphatic carbocycles. The number of nitrogens with one attached hydrogen (secondary N) is 2. The molecule has 1 aromatic carbocycles. The highest BCUT2D eigenvalue weighted by molar-refractivity contribution is 5.80. The number of fused-ring (bicyclic) bond motifs is 1. The van der Waals surface area contributed by atoms with E-state index in [0.717, 1.165) is 22.0 Å². The van der Waals surface area contributed by atoms with Crippen molar-refractivity contribution in [3.05, 3.63) is 75.8 Å². The third-order valence-electron chi connectivity index (χ3n) is 3.95. The molecule has 0 atom stereocenters. The van der Waals surface area contributed by atoms with Gasteiger partial charge in [0.05, 0.1) is 0 Å². The average molecular weight is 321 g/mol. The molecule has 5 nitrogen and oxygen atoms in total. The number of nitrogens with zero attached hydrogens (tertiary/aromatic N) is 1. The highest BCUT2D eigenvalue weighted by Gasteiger charge is 2.05. The van der Waals surface area contributed by atoms with Crippen molar-refractivity contribution in [2.45, 2.75) is 26.3 Å². The largest absolute Gasteiger partial charge is 0.352 e. The van der Waals surface area contributed by atoms with E-state index < -0.39 is 0 Å². The number of H-pyrrole nitrogens is 1. The van der Waals surface area contributed by atoms with E-state index in [1.807, 2.05) is 36.4 Å². The van der Waals surface area contributed by atoms with Crippen molar-refractivity contribution >= 4 is 16.8 Å². The average Bonchev–Trinajstić information content (AvgIpc) is 2.60. The lowest BCUT2D eigenvalue weighted by Gasteiger charge is -2.06. The van der Waals surface area contributed by atoms with E-state index in [9.17, 15) is 9.59 Å². The van der Waals surface area contributed by atoms with Gasteiger partial charge in [-0.15, -0.1) is 0 Å². The van der Waals surface area contributed by atoms with Gasteiger partial charge in [-0.3, -0.25) is 14.6 Å². The standard InChI is InChI=1S/C19H19N3O2/c1-13-9-16-6-4-14(10-17(16)22-19(13)24)5-7-18(23)21-12-15-3-2-8-20-11-15/h2-4,6,8-11H,5,7,12H2,1H3,(H,21,23)(H,22,24). The van der Waals surface area contributed by atoms with Gasteiger partial charge < -0.3 is 10.3 Å². The first kappa shape index (κ1) is 15.9. The Morgan fingerprint density at radius 1 is 1.21 bits per heavy atom. The summed E-state index contributed by atoms with van der Waals surface area (Å²) in [6.07, 6.45) is 4.48. The predicted molar refractivity (Wildman–Crippen MR) is 93.7 cm³/mol. The number of aromatic amines is 1. The van der Waals surface area contributed by atoms with E-state index in [2.05, 4.69) is 15.3 Å². The number of rotatable bonds is 5. The summed E-state index contributed by atoms with van der Waals surface area (Å²) >= 11 is 0. The van der Waals surface area contributed by atoms with Gasteiger partial charge in [0.15, 0.2) is 0 Å². The molecule has 0 fully saturated rings. The van der Waals surface area contributed by atoms with E-state index in [1.165, 1.54) is 0 Å². The number of carbonyl (C=O) groups excluding carboxylic acids is 1. The second-order valence-corrected chi connectivity index (χ2v) is 5.84. The number of carbonyl (C=O) groups is 1. The summed E-state index contributed by atoms with van der Waals surface area (Å²) in [4.78, 5) is 30.6. The van der Waals surface area contributed by atoms with Crippen LogP contribution in [0.25, 0.3) is 10.9 Å². The number of aromatic nitrogens is 2. The van der Waals surface area contributed by atoms with E-state index in [1.54, 1.807) is 19.3 Å². The predicted octanol–water partition coefficient (Wildman–Crippen LogP) is 2.48. The van der Waals surface area contributed by atoms with E-state index in [0.29, 0.717) is 24.9 Å². The molecule has 2 aromatic heterocycles. The second kappa shape index (κ2) is 7.08. The molecular weight excluding hydrogens is 302 g/mol. The van der Waals surface area contributed by atoms with Crippen LogP contribution in [0.3, 0.4) is 0 Å². The zero-order valence-electron chi connectivity index (χ0n) is 13.5. The number of amides is 1. The van der Waals surface area contributed by atoms with Crippen molar-refractivity contribution < 1.29 is 4.79 Å². The summed E-state index contributed by atoms with van der Waals surface area (Å²) in [5.74, 6) is -0.00338. The third-order valence-corrected chi connectivity index (χ3v) is 3.95. The summed E-state index contributed by atoms with van der Waals surface area (Å²) in [5, 5.41) is 3.88. The Bertz CT molecular complexity index is 917. The Hall–Kier alpha value is -2.95. The van der Waals surface area contributed by atoms with Crippen molar-refractivity contribution in [2.75, 3.05) is 0 Å². The molecule has 5 heteroatoms. The fraction of sp³-hybridized carbons (Fsp3) is 0.211. The first-order valence-corrected chi connectivity index (χ1v) is 7.90. The van der Waals surface area contributed by atoms with Crippen LogP contribution >= 0.6 is 0 Å². The summed E-state index contributed by atoms with van der Waals surface area (Å²) in [6, 6.07) is 11.5. The maximum Gasteiger partial charge on any atom is 0.251 e. The van der Waals surface area contributed by atoms with Gasteiger partial charge in [0, 0.05) is 36.4 Å². The summed E-state index contributed by atoms with van der Waals surface area (Å²) < 4.78 is 0. The van der Waals surface area contributed by atoms with Crippen LogP contribution in [0, 0.1) is 6.92 Å². The van der Waals surface area contributed by atoms with Gasteiger partial charge in [0.25, 0.3) is 5.56 Å². The van der Waals surface area contributed by atoms with Crippen LogP contribution in [0.15, 0.2) is 53.6 Å². The number of pyridine rings is 2. The normalized spacial score (nSPS) is 10.7. The molecule has 1 amide bonds. The molecule has 2 heterocycles. The van der Waals surface area contributed by atoms with Gasteiger partial charge in [-0.2, -0.15) is 0 Å². The molecule has 0 unspecified atom stereocenters. The van der Waals surface area contributed by atoms with Gasteiger partial charge >= 0.3 is 0 Å². The zero-order valence-corrected chi connectivity index (χ0v) is 13.5. The number of hydrogen-bond acceptors (Lipinski definition) is 3. The maximum atomic E-state index is 12.0. The zero-order chi connectivity index (χ0) is 16.9. The molecule has 0 spiro atoms. The van der Waals surface area contributed by atoms with Crippen LogP contribution in [-0.4, -0.2) is 15.9 Å². The van der Waals surface area contributed by atoms with Crippen LogP contribution in [0.1, 0.15) is 23.1 Å². The topological polar surface area (TPSA) is 74.8 Å². The van der Waals surface area contributed by atoms with Crippen molar-refractivity contribution in [1.29, 1.82) is 0 Å². The highest BCUT2D eigenvalue weighted by atomic mass is 16.1. The Morgan fingerprint density at radius 2 is 2.08 bits per heavy atom. The van der Waals surface area contributed by atoms with Crippen molar-refractivity contribution in [3.63, 3.8) is 0 Å². The minimum absolute atomic E-state index is 0.00338. The lowest BCUT2D eigenvalue weighted by Crippen LogP contribution is -2.23. The van der Waals surface area contributed by atoms with E-state index >= 15 is 0 Å². The first-order valence-electron chi connectivity index (χ1n) is 7.90. The van der Waals surface area contributed by atoms with Crippen LogP contribution in [-0.2, 0) is 17.8 Å². The monoisotopic (exact) mass is 321 g/mol. The maximum absolute atomic E-state index is 12.0. The summed E-state index contributed by atoms with van der Waals surface area (Å²) in [5.41, 5.74) is 3.43. The van der Waals surface area contributed by atoms with Crippen molar-refractivity contribution in [1.82, 2.24) is 15.3 Å². The SMILES string of the molecule is Cc1cc2ccc(CCC(=O)NCc3cccnc3)cc2[nH]c1=O. The Kier molecular flexibility index (Phi) is 4.70. The molecule has 0 bridgehead atoms. The van der Waals surface area contributed by atoms with Crippen molar-refractivity contribution in [2.24, 2.45) is 0 Å². The van der Waals surface area contributed by atoms with Gasteiger partial charge in [-0.05, 0) is 48.1 Å². The molecule has 0 saturated heterocycles. The lowest BCUT2D eigenvalue weighted by atomic mass is 10.1. The van der Waals surface area contributed by atoms with Crippen LogP contribution in [0.2, 0.25) is 0 Å². The van der Waals surface area contributed by atoms with Gasteiger partial charge in [0.1, 0.15) is 0 Å². The minimum Gasteiger partial charge on any atom is -0.352 e. The van der Waals surface area contributed by atoms with Gasteiger partial charge in [0.2, 0.25) is 5.91 Å². The molecule has 3 rings (SSSR count). The number of hydrogen-bond donors (Lipinski definition) is 2. The van der Waals surface area contributed by atoms with E-state index in [-0.39, 0.29) is 11.5 Å². The summed E-state index contributed by atoms with van der Waals surface area (Å²) in [7, 11) is 0. The van der Waals surface area contributed by atoms with E-state index in [4.69, 9.17) is 0 Å².